The number of amides is 1. The summed E-state index contributed by atoms with van der Waals surface area (Å²) in [4.78, 5) is 24.2. The topological polar surface area (TPSA) is 55.4 Å². The molecule has 0 unspecified atom stereocenters. The van der Waals surface area contributed by atoms with E-state index in [1.54, 1.807) is 12.1 Å². The zero-order valence-corrected chi connectivity index (χ0v) is 15.3. The number of ether oxygens (including phenoxy) is 1. The summed E-state index contributed by atoms with van der Waals surface area (Å²) in [6.45, 7) is -0.399. The van der Waals surface area contributed by atoms with Gasteiger partial charge in [0.05, 0.1) is 6.42 Å². The van der Waals surface area contributed by atoms with E-state index in [0.717, 1.165) is 4.90 Å². The Kier molecular flexibility index (Phi) is 7.55. The molecular weight excluding hydrogens is 388 g/mol. The van der Waals surface area contributed by atoms with Crippen LogP contribution in [0.2, 0.25) is 10.0 Å². The first-order chi connectivity index (χ1) is 11.9. The molecule has 8 heteroatoms. The number of anilines is 1. The highest BCUT2D eigenvalue weighted by Crippen LogP contribution is 2.22. The van der Waals surface area contributed by atoms with E-state index in [4.69, 9.17) is 27.9 Å². The van der Waals surface area contributed by atoms with Crippen LogP contribution >= 0.6 is 35.0 Å². The van der Waals surface area contributed by atoms with Crippen molar-refractivity contribution < 1.29 is 18.7 Å². The minimum atomic E-state index is -0.492. The predicted molar refractivity (Wildman–Crippen MR) is 97.8 cm³/mol. The van der Waals surface area contributed by atoms with E-state index < -0.39 is 18.5 Å². The molecule has 0 radical (unpaired) electrons. The lowest BCUT2D eigenvalue weighted by Gasteiger charge is -2.07. The van der Waals surface area contributed by atoms with E-state index in [1.165, 1.54) is 42.1 Å². The Morgan fingerprint density at radius 1 is 1.08 bits per heavy atom. The second-order valence-corrected chi connectivity index (χ2v) is 6.96. The first-order valence-electron chi connectivity index (χ1n) is 7.22. The van der Waals surface area contributed by atoms with Gasteiger partial charge >= 0.3 is 5.97 Å². The number of nitrogens with one attached hydrogen (secondary N) is 1. The van der Waals surface area contributed by atoms with Gasteiger partial charge in [-0.1, -0.05) is 23.2 Å². The largest absolute Gasteiger partial charge is 0.456 e. The van der Waals surface area contributed by atoms with E-state index in [1.807, 2.05) is 0 Å². The summed E-state index contributed by atoms with van der Waals surface area (Å²) >= 11 is 13.1. The summed E-state index contributed by atoms with van der Waals surface area (Å²) in [5.74, 6) is -0.821. The second kappa shape index (κ2) is 9.65. The Balaban J connectivity index is 1.68. The van der Waals surface area contributed by atoms with Gasteiger partial charge in [0.2, 0.25) is 0 Å². The van der Waals surface area contributed by atoms with Crippen molar-refractivity contribution in [1.82, 2.24) is 0 Å². The molecular formula is C17H14Cl2FNO3S. The highest BCUT2D eigenvalue weighted by molar-refractivity contribution is 7.99. The van der Waals surface area contributed by atoms with Gasteiger partial charge in [0, 0.05) is 26.4 Å². The molecule has 0 aromatic heterocycles. The van der Waals surface area contributed by atoms with Gasteiger partial charge in [-0.25, -0.2) is 4.39 Å². The SMILES string of the molecule is O=C(COC(=O)CCSc1ccc(F)cc1)Nc1cc(Cl)cc(Cl)c1. The Hall–Kier alpha value is -1.76. The van der Waals surface area contributed by atoms with Crippen molar-refractivity contribution in [2.24, 2.45) is 0 Å². The third kappa shape index (κ3) is 7.34. The third-order valence-corrected chi connectivity index (χ3v) is 4.35. The Morgan fingerprint density at radius 2 is 1.72 bits per heavy atom. The van der Waals surface area contributed by atoms with Gasteiger partial charge in [-0.15, -0.1) is 11.8 Å². The summed E-state index contributed by atoms with van der Waals surface area (Å²) in [6, 6.07) is 10.6. The fourth-order valence-corrected chi connectivity index (χ4v) is 3.18. The molecule has 2 aromatic rings. The summed E-state index contributed by atoms with van der Waals surface area (Å²) < 4.78 is 17.7. The van der Waals surface area contributed by atoms with Gasteiger partial charge in [0.15, 0.2) is 6.61 Å². The smallest absolute Gasteiger partial charge is 0.307 e. The molecule has 0 aliphatic rings. The van der Waals surface area contributed by atoms with Crippen molar-refractivity contribution in [3.05, 3.63) is 58.3 Å². The number of hydrogen-bond acceptors (Lipinski definition) is 4. The Morgan fingerprint density at radius 3 is 2.36 bits per heavy atom. The number of rotatable bonds is 7. The molecule has 0 heterocycles. The van der Waals surface area contributed by atoms with Crippen molar-refractivity contribution in [2.45, 2.75) is 11.3 Å². The maximum Gasteiger partial charge on any atom is 0.307 e. The summed E-state index contributed by atoms with van der Waals surface area (Å²) in [5.41, 5.74) is 0.422. The molecule has 2 rings (SSSR count). The average Bonchev–Trinajstić information content (AvgIpc) is 2.54. The van der Waals surface area contributed by atoms with Crippen LogP contribution in [0.15, 0.2) is 47.4 Å². The number of esters is 1. The number of halogens is 3. The highest BCUT2D eigenvalue weighted by Gasteiger charge is 2.09. The van der Waals surface area contributed by atoms with Gasteiger partial charge in [0.1, 0.15) is 5.82 Å². The average molecular weight is 402 g/mol. The van der Waals surface area contributed by atoms with E-state index in [0.29, 0.717) is 21.5 Å². The number of carbonyl (C=O) groups excluding carboxylic acids is 2. The summed E-state index contributed by atoms with van der Waals surface area (Å²) in [7, 11) is 0. The van der Waals surface area contributed by atoms with E-state index in [2.05, 4.69) is 5.32 Å². The normalized spacial score (nSPS) is 10.4. The first kappa shape index (κ1) is 19.6. The number of hydrogen-bond donors (Lipinski definition) is 1. The maximum absolute atomic E-state index is 12.8. The third-order valence-electron chi connectivity index (χ3n) is 2.90. The highest BCUT2D eigenvalue weighted by atomic mass is 35.5. The van der Waals surface area contributed by atoms with Crippen molar-refractivity contribution in [3.8, 4) is 0 Å². The van der Waals surface area contributed by atoms with E-state index in [-0.39, 0.29) is 12.2 Å². The van der Waals surface area contributed by atoms with Crippen LogP contribution in [0.3, 0.4) is 0 Å². The molecule has 2 aromatic carbocycles. The number of thioether (sulfide) groups is 1. The van der Waals surface area contributed by atoms with Gasteiger partial charge in [0.25, 0.3) is 5.91 Å². The lowest BCUT2D eigenvalue weighted by molar-refractivity contribution is -0.146. The zero-order chi connectivity index (χ0) is 18.2. The van der Waals surface area contributed by atoms with Crippen LogP contribution in [0.1, 0.15) is 6.42 Å². The van der Waals surface area contributed by atoms with Crippen LogP contribution in [0, 0.1) is 5.82 Å². The lowest BCUT2D eigenvalue weighted by atomic mass is 10.3. The molecule has 25 heavy (non-hydrogen) atoms. The predicted octanol–water partition coefficient (Wildman–Crippen LogP) is 4.80. The molecule has 1 amide bonds. The molecule has 0 aliphatic carbocycles. The molecule has 0 saturated carbocycles. The fourth-order valence-electron chi connectivity index (χ4n) is 1.82. The Bertz CT molecular complexity index is 736. The van der Waals surface area contributed by atoms with Crippen LogP contribution in [0.4, 0.5) is 10.1 Å². The van der Waals surface area contributed by atoms with Crippen LogP contribution in [-0.2, 0) is 14.3 Å². The van der Waals surface area contributed by atoms with Gasteiger partial charge in [-0.2, -0.15) is 0 Å². The van der Waals surface area contributed by atoms with Gasteiger partial charge in [-0.05, 0) is 42.5 Å². The lowest BCUT2D eigenvalue weighted by Crippen LogP contribution is -2.21. The van der Waals surface area contributed by atoms with Crippen LogP contribution in [0.25, 0.3) is 0 Å². The molecule has 0 spiro atoms. The fraction of sp³-hybridized carbons (Fsp3) is 0.176. The maximum atomic E-state index is 12.8. The van der Waals surface area contributed by atoms with Crippen molar-refractivity contribution in [3.63, 3.8) is 0 Å². The van der Waals surface area contributed by atoms with Crippen LogP contribution in [0.5, 0.6) is 0 Å². The molecule has 0 aliphatic heterocycles. The first-order valence-corrected chi connectivity index (χ1v) is 8.96. The minimum Gasteiger partial charge on any atom is -0.456 e. The minimum absolute atomic E-state index is 0.137. The Labute approximate surface area is 158 Å². The van der Waals surface area contributed by atoms with Crippen molar-refractivity contribution in [1.29, 1.82) is 0 Å². The molecule has 0 bridgehead atoms. The number of benzene rings is 2. The zero-order valence-electron chi connectivity index (χ0n) is 12.9. The molecule has 0 saturated heterocycles. The van der Waals surface area contributed by atoms with Crippen LogP contribution in [-0.4, -0.2) is 24.2 Å². The molecule has 4 nitrogen and oxygen atoms in total. The molecule has 1 N–H and O–H groups in total. The summed E-state index contributed by atoms with van der Waals surface area (Å²) in [5, 5.41) is 3.31. The number of carbonyl (C=O) groups is 2. The monoisotopic (exact) mass is 401 g/mol. The van der Waals surface area contributed by atoms with Gasteiger partial charge in [-0.3, -0.25) is 9.59 Å². The van der Waals surface area contributed by atoms with Crippen molar-refractivity contribution >= 4 is 52.5 Å². The second-order valence-electron chi connectivity index (χ2n) is 4.92. The van der Waals surface area contributed by atoms with Crippen molar-refractivity contribution in [2.75, 3.05) is 17.7 Å². The molecule has 132 valence electrons. The van der Waals surface area contributed by atoms with Gasteiger partial charge < -0.3 is 10.1 Å². The quantitative estimate of drug-likeness (QED) is 0.534. The summed E-state index contributed by atoms with van der Waals surface area (Å²) in [6.07, 6.45) is 0.137. The van der Waals surface area contributed by atoms with E-state index in [9.17, 15) is 14.0 Å². The van der Waals surface area contributed by atoms with Crippen LogP contribution < -0.4 is 5.32 Å². The van der Waals surface area contributed by atoms with E-state index >= 15 is 0 Å². The molecule has 0 fully saturated rings. The molecule has 0 atom stereocenters. The standard InChI is InChI=1S/C17H14Cl2FNO3S/c18-11-7-12(19)9-14(8-11)21-16(22)10-24-17(23)5-6-25-15-3-1-13(20)2-4-15/h1-4,7-9H,5-6,10H2,(H,21,22).